The molecule has 0 bridgehead atoms. The molecule has 0 aliphatic heterocycles. The van der Waals surface area contributed by atoms with E-state index in [1.165, 1.54) is 11.3 Å². The van der Waals surface area contributed by atoms with E-state index in [0.29, 0.717) is 10.5 Å². The third-order valence-corrected chi connectivity index (χ3v) is 4.77. The van der Waals surface area contributed by atoms with Crippen LogP contribution in [0, 0.1) is 6.92 Å². The van der Waals surface area contributed by atoms with E-state index in [9.17, 15) is 4.79 Å². The zero-order valence-corrected chi connectivity index (χ0v) is 14.3. The number of hydrogen-bond donors (Lipinski definition) is 0. The Hall–Kier alpha value is -2.41. The molecule has 2 aromatic heterocycles. The first-order valence-electron chi connectivity index (χ1n) is 7.30. The van der Waals surface area contributed by atoms with Crippen molar-refractivity contribution in [2.75, 3.05) is 7.11 Å². The number of hydrogen-bond acceptors (Lipinski definition) is 4. The van der Waals surface area contributed by atoms with Crippen LogP contribution in [0.1, 0.15) is 23.0 Å². The van der Waals surface area contributed by atoms with Crippen molar-refractivity contribution >= 4 is 27.5 Å². The largest absolute Gasteiger partial charge is 0.497 e. The predicted octanol–water partition coefficient (Wildman–Crippen LogP) is 2.51. The van der Waals surface area contributed by atoms with Crippen molar-refractivity contribution in [2.45, 2.75) is 20.4 Å². The van der Waals surface area contributed by atoms with Gasteiger partial charge in [0.15, 0.2) is 4.80 Å². The Bertz CT molecular complexity index is 929. The number of aromatic nitrogens is 3. The van der Waals surface area contributed by atoms with Crippen molar-refractivity contribution in [3.63, 3.8) is 0 Å². The van der Waals surface area contributed by atoms with E-state index in [1.54, 1.807) is 25.0 Å². The molecular weight excluding hydrogens is 312 g/mol. The van der Waals surface area contributed by atoms with Gasteiger partial charge in [-0.3, -0.25) is 9.48 Å². The summed E-state index contributed by atoms with van der Waals surface area (Å²) in [5, 5.41) is 4.10. The molecule has 6 nitrogen and oxygen atoms in total. The highest BCUT2D eigenvalue weighted by Gasteiger charge is 2.14. The van der Waals surface area contributed by atoms with Gasteiger partial charge in [-0.05, 0) is 32.0 Å². The lowest BCUT2D eigenvalue weighted by atomic mass is 10.3. The van der Waals surface area contributed by atoms with E-state index in [1.807, 2.05) is 36.6 Å². The van der Waals surface area contributed by atoms with Crippen molar-refractivity contribution in [1.82, 2.24) is 14.3 Å². The second-order valence-electron chi connectivity index (χ2n) is 5.18. The van der Waals surface area contributed by atoms with Crippen molar-refractivity contribution in [1.29, 1.82) is 0 Å². The molecule has 0 radical (unpaired) electrons. The highest BCUT2D eigenvalue weighted by molar-refractivity contribution is 7.16. The average Bonchev–Trinajstić information content (AvgIpc) is 3.05. The molecule has 0 spiro atoms. The summed E-state index contributed by atoms with van der Waals surface area (Å²) in [6.07, 6.45) is 1.67. The van der Waals surface area contributed by atoms with E-state index in [0.717, 1.165) is 28.1 Å². The minimum Gasteiger partial charge on any atom is -0.497 e. The molecule has 120 valence electrons. The van der Waals surface area contributed by atoms with Gasteiger partial charge in [0.2, 0.25) is 0 Å². The van der Waals surface area contributed by atoms with Crippen LogP contribution >= 0.6 is 11.3 Å². The van der Waals surface area contributed by atoms with Gasteiger partial charge in [0.25, 0.3) is 5.91 Å². The van der Waals surface area contributed by atoms with Crippen LogP contribution in [0.15, 0.2) is 29.4 Å². The van der Waals surface area contributed by atoms with Crippen LogP contribution < -0.4 is 9.54 Å². The number of carbonyl (C=O) groups is 1. The second kappa shape index (κ2) is 6.00. The molecule has 1 amide bonds. The fourth-order valence-electron chi connectivity index (χ4n) is 2.57. The first kappa shape index (κ1) is 15.5. The summed E-state index contributed by atoms with van der Waals surface area (Å²) in [7, 11) is 3.39. The third kappa shape index (κ3) is 2.68. The molecule has 0 N–H and O–H groups in total. The van der Waals surface area contributed by atoms with Gasteiger partial charge in [-0.25, -0.2) is 0 Å². The van der Waals surface area contributed by atoms with Gasteiger partial charge in [-0.1, -0.05) is 11.3 Å². The smallest absolute Gasteiger partial charge is 0.298 e. The maximum Gasteiger partial charge on any atom is 0.298 e. The third-order valence-electron chi connectivity index (χ3n) is 3.73. The van der Waals surface area contributed by atoms with Gasteiger partial charge in [-0.2, -0.15) is 10.1 Å². The summed E-state index contributed by atoms with van der Waals surface area (Å²) in [4.78, 5) is 17.5. The maximum absolute atomic E-state index is 12.5. The van der Waals surface area contributed by atoms with Crippen LogP contribution in [0.3, 0.4) is 0 Å². The van der Waals surface area contributed by atoms with Gasteiger partial charge in [0.05, 0.1) is 23.5 Å². The topological polar surface area (TPSA) is 61.4 Å². The molecule has 3 aromatic rings. The molecule has 0 aliphatic carbocycles. The molecule has 2 heterocycles. The van der Waals surface area contributed by atoms with Crippen LogP contribution in [0.4, 0.5) is 0 Å². The first-order chi connectivity index (χ1) is 11.0. The SMILES string of the molecule is CCn1c(=NC(=O)c2c(C)cnn2C)sc2cc(OC)ccc21. The van der Waals surface area contributed by atoms with Gasteiger partial charge < -0.3 is 9.30 Å². The average molecular weight is 330 g/mol. The Morgan fingerprint density at radius 2 is 2.22 bits per heavy atom. The van der Waals surface area contributed by atoms with Crippen LogP contribution in [0.5, 0.6) is 5.75 Å². The molecule has 0 saturated carbocycles. The highest BCUT2D eigenvalue weighted by Crippen LogP contribution is 2.23. The van der Waals surface area contributed by atoms with E-state index in [2.05, 4.69) is 10.1 Å². The number of carbonyl (C=O) groups excluding carboxylic acids is 1. The maximum atomic E-state index is 12.5. The molecule has 0 aliphatic rings. The van der Waals surface area contributed by atoms with Crippen LogP contribution in [-0.2, 0) is 13.6 Å². The highest BCUT2D eigenvalue weighted by atomic mass is 32.1. The van der Waals surface area contributed by atoms with Gasteiger partial charge in [0, 0.05) is 19.2 Å². The Labute approximate surface area is 137 Å². The van der Waals surface area contributed by atoms with Crippen LogP contribution in [0.25, 0.3) is 10.2 Å². The summed E-state index contributed by atoms with van der Waals surface area (Å²) in [6.45, 7) is 4.64. The summed E-state index contributed by atoms with van der Waals surface area (Å²) in [5.74, 6) is 0.519. The molecule has 1 aromatic carbocycles. The summed E-state index contributed by atoms with van der Waals surface area (Å²) in [6, 6.07) is 5.87. The molecule has 7 heteroatoms. The summed E-state index contributed by atoms with van der Waals surface area (Å²) < 4.78 is 9.90. The predicted molar refractivity (Wildman–Crippen MR) is 89.9 cm³/mol. The molecule has 3 rings (SSSR count). The number of methoxy groups -OCH3 is 1. The lowest BCUT2D eigenvalue weighted by molar-refractivity contribution is 0.0988. The van der Waals surface area contributed by atoms with E-state index in [-0.39, 0.29) is 5.91 Å². The summed E-state index contributed by atoms with van der Waals surface area (Å²) in [5.41, 5.74) is 2.39. The molecular formula is C16H18N4O2S. The molecule has 0 saturated heterocycles. The van der Waals surface area contributed by atoms with E-state index < -0.39 is 0 Å². The van der Waals surface area contributed by atoms with E-state index in [4.69, 9.17) is 4.74 Å². The van der Waals surface area contributed by atoms with Crippen molar-refractivity contribution < 1.29 is 9.53 Å². The number of aryl methyl sites for hydroxylation is 3. The fraction of sp³-hybridized carbons (Fsp3) is 0.312. The number of amides is 1. The zero-order chi connectivity index (χ0) is 16.6. The zero-order valence-electron chi connectivity index (χ0n) is 13.5. The number of thiazole rings is 1. The van der Waals surface area contributed by atoms with Gasteiger partial charge in [-0.15, -0.1) is 0 Å². The first-order valence-corrected chi connectivity index (χ1v) is 8.11. The van der Waals surface area contributed by atoms with Crippen LogP contribution in [0.2, 0.25) is 0 Å². The molecule has 0 atom stereocenters. The standard InChI is InChI=1S/C16H18N4O2S/c1-5-20-12-7-6-11(22-4)8-13(12)23-16(20)18-15(21)14-10(2)9-17-19(14)3/h6-9H,5H2,1-4H3. The second-order valence-corrected chi connectivity index (χ2v) is 6.19. The van der Waals surface area contributed by atoms with Crippen molar-refractivity contribution in [3.05, 3.63) is 40.5 Å². The van der Waals surface area contributed by atoms with Crippen molar-refractivity contribution in [3.8, 4) is 5.75 Å². The lowest BCUT2D eigenvalue weighted by Gasteiger charge is -2.02. The van der Waals surface area contributed by atoms with Crippen molar-refractivity contribution in [2.24, 2.45) is 12.0 Å². The minimum atomic E-state index is -0.275. The Morgan fingerprint density at radius 1 is 1.43 bits per heavy atom. The van der Waals surface area contributed by atoms with E-state index >= 15 is 0 Å². The normalized spacial score (nSPS) is 12.1. The van der Waals surface area contributed by atoms with Gasteiger partial charge >= 0.3 is 0 Å². The number of rotatable bonds is 3. The number of ether oxygens (including phenoxy) is 1. The Balaban J connectivity index is 2.17. The van der Waals surface area contributed by atoms with Gasteiger partial charge in [0.1, 0.15) is 11.4 Å². The lowest BCUT2D eigenvalue weighted by Crippen LogP contribution is -2.17. The molecule has 0 fully saturated rings. The summed E-state index contributed by atoms with van der Waals surface area (Å²) >= 11 is 1.48. The quantitative estimate of drug-likeness (QED) is 0.741. The number of benzene rings is 1. The van der Waals surface area contributed by atoms with Crippen LogP contribution in [-0.4, -0.2) is 27.4 Å². The monoisotopic (exact) mass is 330 g/mol. The molecule has 0 unspecified atom stereocenters. The molecule has 23 heavy (non-hydrogen) atoms. The Morgan fingerprint density at radius 3 is 2.83 bits per heavy atom. The number of nitrogens with zero attached hydrogens (tertiary/aromatic N) is 4. The number of fused-ring (bicyclic) bond motifs is 1. The minimum absolute atomic E-state index is 0.275. The Kier molecular flexibility index (Phi) is 4.04. The fourth-order valence-corrected chi connectivity index (χ4v) is 3.69.